The third-order valence-electron chi connectivity index (χ3n) is 1.47. The van der Waals surface area contributed by atoms with Gasteiger partial charge in [-0.25, -0.2) is 0 Å². The summed E-state index contributed by atoms with van der Waals surface area (Å²) < 4.78 is 36.9. The molecule has 5 heteroatoms. The van der Waals surface area contributed by atoms with E-state index in [-0.39, 0.29) is 4.90 Å². The molecule has 1 rings (SSSR count). The van der Waals surface area contributed by atoms with Crippen LogP contribution in [0.2, 0.25) is 5.02 Å². The maximum atomic E-state index is 12.3. The van der Waals surface area contributed by atoms with Crippen LogP contribution >= 0.6 is 23.4 Å². The van der Waals surface area contributed by atoms with Crippen LogP contribution < -0.4 is 0 Å². The molecule has 0 aliphatic heterocycles. The summed E-state index contributed by atoms with van der Waals surface area (Å²) in [6.07, 6.45) is -2.72. The number of rotatable bonds is 1. The first-order valence-electron chi connectivity index (χ1n) is 3.36. The Labute approximate surface area is 83.1 Å². The van der Waals surface area contributed by atoms with Crippen molar-refractivity contribution in [3.8, 4) is 0 Å². The topological polar surface area (TPSA) is 0 Å². The van der Waals surface area contributed by atoms with Gasteiger partial charge in [0.15, 0.2) is 0 Å². The molecule has 72 valence electrons. The maximum absolute atomic E-state index is 12.3. The van der Waals surface area contributed by atoms with Crippen LogP contribution in [0.1, 0.15) is 5.56 Å². The summed E-state index contributed by atoms with van der Waals surface area (Å²) in [6, 6.07) is 3.55. The Bertz CT molecular complexity index is 309. The van der Waals surface area contributed by atoms with Crippen molar-refractivity contribution < 1.29 is 13.2 Å². The number of halogens is 4. The highest BCUT2D eigenvalue weighted by Gasteiger charge is 2.33. The van der Waals surface area contributed by atoms with Crippen molar-refractivity contribution in [1.82, 2.24) is 0 Å². The number of hydrogen-bond donors (Lipinski definition) is 0. The van der Waals surface area contributed by atoms with Crippen molar-refractivity contribution in [2.45, 2.75) is 11.1 Å². The largest absolute Gasteiger partial charge is 0.417 e. The van der Waals surface area contributed by atoms with Crippen LogP contribution in [-0.4, -0.2) is 6.26 Å². The first kappa shape index (κ1) is 10.7. The zero-order valence-electron chi connectivity index (χ0n) is 6.65. The molecule has 0 spiro atoms. The minimum Gasteiger partial charge on any atom is -0.166 e. The molecule has 1 aromatic rings. The van der Waals surface area contributed by atoms with Gasteiger partial charge in [0.2, 0.25) is 0 Å². The average molecular weight is 227 g/mol. The quantitative estimate of drug-likeness (QED) is 0.651. The van der Waals surface area contributed by atoms with Crippen LogP contribution in [0, 0.1) is 0 Å². The van der Waals surface area contributed by atoms with E-state index in [1.165, 1.54) is 12.1 Å². The zero-order valence-corrected chi connectivity index (χ0v) is 8.22. The number of alkyl halides is 3. The van der Waals surface area contributed by atoms with E-state index < -0.39 is 11.7 Å². The highest BCUT2D eigenvalue weighted by Crippen LogP contribution is 2.36. The minimum absolute atomic E-state index is 0.153. The van der Waals surface area contributed by atoms with Crippen molar-refractivity contribution in [2.75, 3.05) is 6.26 Å². The monoisotopic (exact) mass is 226 g/mol. The fourth-order valence-electron chi connectivity index (χ4n) is 0.899. The Morgan fingerprint density at radius 1 is 1.31 bits per heavy atom. The van der Waals surface area contributed by atoms with Crippen LogP contribution in [0.15, 0.2) is 23.1 Å². The summed E-state index contributed by atoms with van der Waals surface area (Å²) in [4.78, 5) is 0.153. The fourth-order valence-corrected chi connectivity index (χ4v) is 1.78. The molecule has 0 heterocycles. The van der Waals surface area contributed by atoms with Gasteiger partial charge in [-0.15, -0.1) is 11.8 Å². The lowest BCUT2D eigenvalue weighted by atomic mass is 10.2. The second kappa shape index (κ2) is 3.80. The molecular weight excluding hydrogens is 221 g/mol. The lowest BCUT2D eigenvalue weighted by Crippen LogP contribution is -2.06. The fraction of sp³-hybridized carbons (Fsp3) is 0.250. The summed E-state index contributed by atoms with van der Waals surface area (Å²) in [5.41, 5.74) is -0.635. The molecule has 0 bridgehead atoms. The predicted molar refractivity (Wildman–Crippen MR) is 48.2 cm³/mol. The number of benzene rings is 1. The van der Waals surface area contributed by atoms with Gasteiger partial charge in [0, 0.05) is 9.92 Å². The smallest absolute Gasteiger partial charge is 0.166 e. The van der Waals surface area contributed by atoms with Gasteiger partial charge >= 0.3 is 6.18 Å². The van der Waals surface area contributed by atoms with Crippen molar-refractivity contribution >= 4 is 23.4 Å². The molecule has 0 atom stereocenters. The van der Waals surface area contributed by atoms with Crippen LogP contribution in [0.4, 0.5) is 13.2 Å². The molecule has 1 aromatic carbocycles. The molecule has 0 aliphatic rings. The van der Waals surface area contributed by atoms with Gasteiger partial charge in [0.1, 0.15) is 0 Å². The van der Waals surface area contributed by atoms with Gasteiger partial charge in [-0.3, -0.25) is 0 Å². The lowest BCUT2D eigenvalue weighted by molar-refractivity contribution is -0.139. The summed E-state index contributed by atoms with van der Waals surface area (Å²) in [5, 5.41) is 0.317. The van der Waals surface area contributed by atoms with Gasteiger partial charge < -0.3 is 0 Å². The molecule has 0 N–H and O–H groups in total. The Hall–Kier alpha value is -0.350. The second-order valence-electron chi connectivity index (χ2n) is 2.34. The van der Waals surface area contributed by atoms with Crippen LogP contribution in [0.3, 0.4) is 0 Å². The SMILES string of the molecule is CSc1cc(Cl)ccc1C(F)(F)F. The Kier molecular flexibility index (Phi) is 3.14. The maximum Gasteiger partial charge on any atom is 0.417 e. The van der Waals surface area contributed by atoms with E-state index in [2.05, 4.69) is 0 Å². The lowest BCUT2D eigenvalue weighted by Gasteiger charge is -2.10. The van der Waals surface area contributed by atoms with E-state index >= 15 is 0 Å². The van der Waals surface area contributed by atoms with E-state index in [1.54, 1.807) is 6.26 Å². The van der Waals surface area contributed by atoms with Crippen LogP contribution in [-0.2, 0) is 6.18 Å². The second-order valence-corrected chi connectivity index (χ2v) is 3.63. The molecule has 0 saturated heterocycles. The van der Waals surface area contributed by atoms with E-state index in [4.69, 9.17) is 11.6 Å². The molecule has 0 unspecified atom stereocenters. The van der Waals surface area contributed by atoms with Crippen molar-refractivity contribution in [3.63, 3.8) is 0 Å². The van der Waals surface area contributed by atoms with E-state index in [0.29, 0.717) is 5.02 Å². The van der Waals surface area contributed by atoms with E-state index in [0.717, 1.165) is 17.8 Å². The molecule has 0 radical (unpaired) electrons. The molecule has 0 fully saturated rings. The summed E-state index contributed by atoms with van der Waals surface area (Å²) in [5.74, 6) is 0. The third-order valence-corrected chi connectivity index (χ3v) is 2.48. The molecule has 13 heavy (non-hydrogen) atoms. The number of thioether (sulfide) groups is 1. The van der Waals surface area contributed by atoms with Gasteiger partial charge in [-0.1, -0.05) is 11.6 Å². The average Bonchev–Trinajstić information content (AvgIpc) is 2.01. The van der Waals surface area contributed by atoms with E-state index in [1.807, 2.05) is 0 Å². The van der Waals surface area contributed by atoms with Gasteiger partial charge in [0.25, 0.3) is 0 Å². The van der Waals surface area contributed by atoms with Crippen LogP contribution in [0.25, 0.3) is 0 Å². The van der Waals surface area contributed by atoms with Crippen molar-refractivity contribution in [1.29, 1.82) is 0 Å². The summed E-state index contributed by atoms with van der Waals surface area (Å²) in [6.45, 7) is 0. The Balaban J connectivity index is 3.22. The van der Waals surface area contributed by atoms with Crippen molar-refractivity contribution in [3.05, 3.63) is 28.8 Å². The van der Waals surface area contributed by atoms with E-state index in [9.17, 15) is 13.2 Å². The first-order chi connectivity index (χ1) is 5.95. The highest BCUT2D eigenvalue weighted by molar-refractivity contribution is 7.98. The number of hydrogen-bond acceptors (Lipinski definition) is 1. The van der Waals surface area contributed by atoms with Gasteiger partial charge in [0.05, 0.1) is 5.56 Å². The summed E-state index contributed by atoms with van der Waals surface area (Å²) in [7, 11) is 0. The van der Waals surface area contributed by atoms with Gasteiger partial charge in [-0.05, 0) is 24.5 Å². The van der Waals surface area contributed by atoms with Gasteiger partial charge in [-0.2, -0.15) is 13.2 Å². The normalized spacial score (nSPS) is 11.8. The molecular formula is C8H6ClF3S. The third kappa shape index (κ3) is 2.54. The first-order valence-corrected chi connectivity index (χ1v) is 4.96. The standard InChI is InChI=1S/C8H6ClF3S/c1-13-7-4-5(9)2-3-6(7)8(10,11)12/h2-4H,1H3. The molecule has 0 nitrogen and oxygen atoms in total. The Morgan fingerprint density at radius 3 is 2.38 bits per heavy atom. The molecule has 0 aromatic heterocycles. The molecule has 0 saturated carbocycles. The van der Waals surface area contributed by atoms with Crippen molar-refractivity contribution in [2.24, 2.45) is 0 Å². The predicted octanol–water partition coefficient (Wildman–Crippen LogP) is 4.08. The minimum atomic E-state index is -4.30. The highest BCUT2D eigenvalue weighted by atomic mass is 35.5. The van der Waals surface area contributed by atoms with Crippen LogP contribution in [0.5, 0.6) is 0 Å². The Morgan fingerprint density at radius 2 is 1.92 bits per heavy atom. The zero-order chi connectivity index (χ0) is 10.1. The molecule has 0 amide bonds. The summed E-state index contributed by atoms with van der Waals surface area (Å²) >= 11 is 6.60. The molecule has 0 aliphatic carbocycles.